The molecule has 5 rings (SSSR count). The van der Waals surface area contributed by atoms with Gasteiger partial charge in [0.25, 0.3) is 0 Å². The maximum atomic E-state index is 14.1. The number of alkyl halides is 1. The van der Waals surface area contributed by atoms with Gasteiger partial charge in [0.1, 0.15) is 0 Å². The number of aromatic hydroxyl groups is 1. The van der Waals surface area contributed by atoms with Crippen LogP contribution in [-0.4, -0.2) is 97.7 Å². The van der Waals surface area contributed by atoms with Gasteiger partial charge in [-0.15, -0.1) is 0 Å². The molecule has 3 aromatic carbocycles. The Bertz CT molecular complexity index is 1710. The fourth-order valence-corrected chi connectivity index (χ4v) is 8.15. The van der Waals surface area contributed by atoms with Crippen LogP contribution in [0, 0.1) is 0 Å². The Morgan fingerprint density at radius 2 is 1.72 bits per heavy atom. The molecule has 2 amide bonds. The van der Waals surface area contributed by atoms with Gasteiger partial charge in [0.15, 0.2) is 0 Å². The van der Waals surface area contributed by atoms with Crippen LogP contribution in [-0.2, 0) is 19.0 Å². The van der Waals surface area contributed by atoms with E-state index in [2.05, 4.69) is 5.32 Å². The number of benzene rings is 3. The van der Waals surface area contributed by atoms with Gasteiger partial charge < -0.3 is 9.47 Å². The number of ether oxygens (including phenoxy) is 5. The van der Waals surface area contributed by atoms with Gasteiger partial charge in [0.2, 0.25) is 0 Å². The number of hydrogen-bond donors (Lipinski definition) is 2. The van der Waals surface area contributed by atoms with Crippen molar-refractivity contribution in [2.45, 2.75) is 32.1 Å². The second kappa shape index (κ2) is 16.7. The van der Waals surface area contributed by atoms with E-state index in [0.717, 1.165) is 46.5 Å². The third-order valence-electron chi connectivity index (χ3n) is 8.01. The predicted molar refractivity (Wildman–Crippen MR) is 185 cm³/mol. The zero-order chi connectivity index (χ0) is 33.3. The van der Waals surface area contributed by atoms with Crippen LogP contribution in [0.2, 0.25) is 0 Å². The van der Waals surface area contributed by atoms with E-state index in [1.54, 1.807) is 31.3 Å². The third kappa shape index (κ3) is 8.41. The quantitative estimate of drug-likeness (QED) is 0.0780. The van der Waals surface area contributed by atoms with Crippen LogP contribution >= 0.6 is 11.6 Å². The van der Waals surface area contributed by atoms with Gasteiger partial charge >= 0.3 is 257 Å². The number of carbonyl (C=O) groups excluding carboxylic acids is 2. The van der Waals surface area contributed by atoms with Crippen LogP contribution in [0.4, 0.5) is 11.4 Å². The van der Waals surface area contributed by atoms with E-state index < -0.39 is 0 Å². The fourth-order valence-electron chi connectivity index (χ4n) is 5.76. The molecule has 0 saturated heterocycles. The molecule has 4 aromatic rings. The van der Waals surface area contributed by atoms with E-state index in [0.29, 0.717) is 78.2 Å². The van der Waals surface area contributed by atoms with Crippen molar-refractivity contribution in [2.24, 2.45) is 0 Å². The van der Waals surface area contributed by atoms with E-state index in [1.165, 1.54) is 6.92 Å². The van der Waals surface area contributed by atoms with Crippen molar-refractivity contribution in [2.75, 3.05) is 76.5 Å². The molecule has 0 spiro atoms. The Labute approximate surface area is 285 Å². The number of phenols is 1. The topological polar surface area (TPSA) is 116 Å². The summed E-state index contributed by atoms with van der Waals surface area (Å²) in [7, 11) is 3.26. The Hall–Kier alpha value is -3.31. The summed E-state index contributed by atoms with van der Waals surface area (Å²) in [5.74, 6) is 1.18. The molecule has 0 unspecified atom stereocenters. The summed E-state index contributed by atoms with van der Waals surface area (Å²) in [5.41, 5.74) is 2.14. The predicted octanol–water partition coefficient (Wildman–Crippen LogP) is 5.93. The first kappa shape index (κ1) is 35.0. The number of halogens is 1. The van der Waals surface area contributed by atoms with Gasteiger partial charge in [-0.1, -0.05) is 0 Å². The minimum atomic E-state index is -0.301. The fraction of sp³-hybridized carbons (Fsp3) is 0.429. The van der Waals surface area contributed by atoms with Crippen molar-refractivity contribution in [3.8, 4) is 17.2 Å². The second-order valence-electron chi connectivity index (χ2n) is 11.3. The number of anilines is 2. The van der Waals surface area contributed by atoms with Crippen LogP contribution in [0.5, 0.6) is 17.2 Å². The normalized spacial score (nSPS) is 14.1. The summed E-state index contributed by atoms with van der Waals surface area (Å²) >= 11 is 6.13. The van der Waals surface area contributed by atoms with Crippen LogP contribution in [0.25, 0.3) is 20.4 Å². The van der Waals surface area contributed by atoms with Gasteiger partial charge in [0, 0.05) is 7.11 Å². The average molecular weight is 732 g/mol. The Balaban J connectivity index is 1.28. The van der Waals surface area contributed by atoms with Gasteiger partial charge in [-0.2, -0.15) is 0 Å². The molecular weight excluding hydrogens is 691 g/mol. The van der Waals surface area contributed by atoms with Crippen molar-refractivity contribution >= 4 is 69.7 Å². The molecule has 10 nitrogen and oxygen atoms in total. The van der Waals surface area contributed by atoms with E-state index in [-0.39, 0.29) is 38.0 Å². The molecule has 1 atom stereocenters. The second-order valence-corrected chi connectivity index (χ2v) is 13.9. The molecule has 2 heterocycles. The number of carbonyl (C=O) groups is 2. The van der Waals surface area contributed by atoms with Gasteiger partial charge in [-0.3, -0.25) is 0 Å². The zero-order valence-corrected chi connectivity index (χ0v) is 29.4. The first-order valence-corrected chi connectivity index (χ1v) is 17.9. The van der Waals surface area contributed by atoms with E-state index in [1.807, 2.05) is 30.3 Å². The number of phenolic OH excluding ortho intramolecular Hbond substituents is 1. The van der Waals surface area contributed by atoms with Crippen LogP contribution in [0.15, 0.2) is 42.5 Å². The number of nitrogens with one attached hydrogen (secondary N) is 1. The number of fused-ring (bicyclic) bond motifs is 4. The zero-order valence-electron chi connectivity index (χ0n) is 26.9. The first-order valence-electron chi connectivity index (χ1n) is 15.7. The molecule has 252 valence electrons. The summed E-state index contributed by atoms with van der Waals surface area (Å²) in [6.45, 7) is 5.17. The van der Waals surface area contributed by atoms with E-state index >= 15 is 0 Å². The van der Waals surface area contributed by atoms with Crippen molar-refractivity contribution in [3.05, 3.63) is 52.5 Å². The van der Waals surface area contributed by atoms with Gasteiger partial charge in [-0.05, 0) is 0 Å². The molecule has 12 heteroatoms. The SMILES string of the molecule is COCCOCCCCCOCCOc1cc2[se]c(C(=O)N3C[C@@H](CCl)c4c3cc(O)c3ccc(OC)cc43)cc2cc1NC(C)=O. The Kier molecular flexibility index (Phi) is 12.4. The van der Waals surface area contributed by atoms with Crippen LogP contribution in [0.1, 0.15) is 46.9 Å². The van der Waals surface area contributed by atoms with Crippen molar-refractivity contribution in [1.82, 2.24) is 0 Å². The third-order valence-corrected chi connectivity index (χ3v) is 10.7. The molecule has 1 aliphatic heterocycles. The molecule has 0 radical (unpaired) electrons. The van der Waals surface area contributed by atoms with Gasteiger partial charge in [0.05, 0.1) is 13.2 Å². The summed E-state index contributed by atoms with van der Waals surface area (Å²) in [5, 5.41) is 16.1. The monoisotopic (exact) mass is 732 g/mol. The number of unbranched alkanes of at least 4 members (excludes halogenated alkanes) is 2. The molecule has 0 saturated carbocycles. The summed E-state index contributed by atoms with van der Waals surface area (Å²) < 4.78 is 29.3. The first-order chi connectivity index (χ1) is 22.8. The van der Waals surface area contributed by atoms with Gasteiger partial charge in [-0.25, -0.2) is 0 Å². The standard InChI is InChI=1S/C35H41ClN2O8Se/c1-22(39)37-28-15-23-16-33(47-32(23)19-31(28)46-14-13-45-10-6-4-5-9-44-12-11-42-2)35(41)38-21-24(20-36)34-27-17-25(43-3)7-8-26(27)30(40)18-29(34)38/h7-8,15-19,24,40H,4-6,9-14,20-21H2,1-3H3,(H,37,39)/t24-/m1/s1. The van der Waals surface area contributed by atoms with Crippen molar-refractivity contribution in [1.29, 1.82) is 0 Å². The average Bonchev–Trinajstić information content (AvgIpc) is 3.65. The van der Waals surface area contributed by atoms with Crippen molar-refractivity contribution in [3.63, 3.8) is 0 Å². The summed E-state index contributed by atoms with van der Waals surface area (Å²) in [4.78, 5) is 27.8. The summed E-state index contributed by atoms with van der Waals surface area (Å²) in [6.07, 6.45) is 2.93. The molecule has 1 aliphatic rings. The number of nitrogens with zero attached hydrogens (tertiary/aromatic N) is 1. The molecule has 0 fully saturated rings. The number of rotatable bonds is 17. The molecule has 47 heavy (non-hydrogen) atoms. The molecule has 0 aliphatic carbocycles. The minimum absolute atomic E-state index is 0.0951. The van der Waals surface area contributed by atoms with E-state index in [9.17, 15) is 14.7 Å². The van der Waals surface area contributed by atoms with Crippen LogP contribution < -0.4 is 19.7 Å². The maximum absolute atomic E-state index is 14.1. The number of amides is 2. The summed E-state index contributed by atoms with van der Waals surface area (Å²) in [6, 6.07) is 12.8. The van der Waals surface area contributed by atoms with Crippen molar-refractivity contribution < 1.29 is 38.4 Å². The van der Waals surface area contributed by atoms with Crippen LogP contribution in [0.3, 0.4) is 0 Å². The molecule has 0 bridgehead atoms. The Morgan fingerprint density at radius 3 is 2.43 bits per heavy atom. The van der Waals surface area contributed by atoms with E-state index in [4.69, 9.17) is 35.3 Å². The number of hydrogen-bond acceptors (Lipinski definition) is 8. The Morgan fingerprint density at radius 1 is 0.957 bits per heavy atom. The molecule has 2 N–H and O–H groups in total. The number of methoxy groups -OCH3 is 2. The molecule has 1 aromatic heterocycles. The molecular formula is C35H41ClN2O8Se.